The minimum absolute atomic E-state index is 0. The summed E-state index contributed by atoms with van der Waals surface area (Å²) >= 11 is 0. The number of esters is 1. The maximum Gasteiger partial charge on any atom is 2.00 e. The predicted octanol–water partition coefficient (Wildman–Crippen LogP) is 3.00. The number of aliphatic hydroxyl groups excluding tert-OH is 2. The fourth-order valence-corrected chi connectivity index (χ4v) is 0.677. The van der Waals surface area contributed by atoms with Gasteiger partial charge in [-0.2, -0.15) is 0 Å². The van der Waals surface area contributed by atoms with Crippen LogP contribution in [0.15, 0.2) is 24.8 Å². The molecule has 11 heteroatoms. The van der Waals surface area contributed by atoms with Gasteiger partial charge in [-0.15, -0.1) is 6.58 Å². The third-order valence-electron chi connectivity index (χ3n) is 2.34. The van der Waals surface area contributed by atoms with Gasteiger partial charge in [0.05, 0.1) is 7.11 Å². The molecule has 33 heavy (non-hydrogen) atoms. The van der Waals surface area contributed by atoms with E-state index < -0.39 is 0 Å². The molecule has 0 amide bonds. The van der Waals surface area contributed by atoms with E-state index in [0.29, 0.717) is 5.92 Å². The van der Waals surface area contributed by atoms with Crippen molar-refractivity contribution in [2.75, 3.05) is 49.3 Å². The van der Waals surface area contributed by atoms with Crippen LogP contribution >= 0.6 is 0 Å². The Hall–Kier alpha value is -2.61. The van der Waals surface area contributed by atoms with Crippen LogP contribution in [-0.2, 0) is 52.8 Å². The van der Waals surface area contributed by atoms with E-state index in [4.69, 9.17) is 19.8 Å². The molecule has 0 fully saturated rings. The number of aliphatic hydroxyl groups is 2. The van der Waals surface area contributed by atoms with Crippen molar-refractivity contribution in [3.63, 3.8) is 0 Å². The number of hydrogen-bond acceptors (Lipinski definition) is 9. The summed E-state index contributed by atoms with van der Waals surface area (Å²) in [6.07, 6.45) is 9.89. The minimum atomic E-state index is -0.345. The average molecular weight is 825 g/mol. The van der Waals surface area contributed by atoms with Crippen LogP contribution in [0.4, 0.5) is 0 Å². The van der Waals surface area contributed by atoms with Crippen molar-refractivity contribution < 1.29 is 63.0 Å². The first-order chi connectivity index (χ1) is 14.9. The van der Waals surface area contributed by atoms with Crippen LogP contribution in [0.3, 0.4) is 0 Å². The number of hydrogen-bond donors (Lipinski definition) is 2. The molecule has 0 saturated heterocycles. The molecule has 0 saturated carbocycles. The van der Waals surface area contributed by atoms with E-state index in [1.807, 2.05) is 6.08 Å². The van der Waals surface area contributed by atoms with E-state index in [1.54, 1.807) is 0 Å². The molecule has 1 unspecified atom stereocenters. The maximum atomic E-state index is 10.1. The average Bonchev–Trinajstić information content (AvgIpc) is 2.85. The summed E-state index contributed by atoms with van der Waals surface area (Å²) in [4.78, 5) is 27.7. The van der Waals surface area contributed by atoms with Crippen molar-refractivity contribution in [1.29, 1.82) is 0 Å². The molecule has 2 N–H and O–H groups in total. The third kappa shape index (κ3) is 170. The Labute approximate surface area is 208 Å². The monoisotopic (exact) mass is 824 g/mol. The zero-order valence-electron chi connectivity index (χ0n) is 22.1. The summed E-state index contributed by atoms with van der Waals surface area (Å²) in [6, 6.07) is 0. The summed E-state index contributed by atoms with van der Waals surface area (Å²) in [5, 5.41) is 14.0. The Kier molecular flexibility index (Phi) is 153. The number of carbonyl (C=O) groups excluding carboxylic acids is 3. The Morgan fingerprint density at radius 1 is 0.909 bits per heavy atom. The summed E-state index contributed by atoms with van der Waals surface area (Å²) in [6.45, 7) is 14.6. The summed E-state index contributed by atoms with van der Waals surface area (Å²) < 4.78 is 16.1. The molecule has 0 aliphatic carbocycles. The number of ether oxygens (including phenoxy) is 4. The van der Waals surface area contributed by atoms with Crippen molar-refractivity contribution >= 4 is 18.9 Å². The van der Waals surface area contributed by atoms with Gasteiger partial charge in [-0.3, -0.25) is 0 Å². The SMILES string of the molecule is C=CC(C)CC.CCC=CCC.CO.CO.COCC(=O)OC.CO[C-]=O.CO[C-]=O.[Rf].[Rh+2]. The second kappa shape index (κ2) is 88.2. The second-order valence-corrected chi connectivity index (χ2v) is 4.49. The zero-order chi connectivity index (χ0) is 26.3. The molecular formula is C22H46O9RfRh. The Morgan fingerprint density at radius 3 is 1.27 bits per heavy atom. The number of methoxy groups -OCH3 is 4. The third-order valence-corrected chi connectivity index (χ3v) is 2.34. The largest absolute Gasteiger partial charge is 2.00 e. The van der Waals surface area contributed by atoms with E-state index in [1.165, 1.54) is 60.6 Å². The van der Waals surface area contributed by atoms with Gasteiger partial charge in [-0.25, -0.2) is 4.79 Å². The van der Waals surface area contributed by atoms with Gasteiger partial charge in [-0.05, 0) is 18.8 Å². The van der Waals surface area contributed by atoms with Crippen LogP contribution in [0.1, 0.15) is 47.0 Å². The van der Waals surface area contributed by atoms with Crippen LogP contribution in [0, 0.1) is 5.92 Å². The van der Waals surface area contributed by atoms with E-state index in [9.17, 15) is 4.79 Å². The van der Waals surface area contributed by atoms with Gasteiger partial charge >= 0.3 is 25.4 Å². The first-order valence-electron chi connectivity index (χ1n) is 9.39. The summed E-state index contributed by atoms with van der Waals surface area (Å²) in [7, 11) is 7.28. The van der Waals surface area contributed by atoms with Gasteiger partial charge < -0.3 is 38.7 Å². The molecule has 0 spiro atoms. The van der Waals surface area contributed by atoms with Crippen LogP contribution < -0.4 is 0 Å². The van der Waals surface area contributed by atoms with Gasteiger partial charge in [0.25, 0.3) is 0 Å². The molecule has 0 bridgehead atoms. The molecule has 1 atom stereocenters. The van der Waals surface area contributed by atoms with Crippen LogP contribution in [0.25, 0.3) is 0 Å². The topological polar surface area (TPSA) is 129 Å². The van der Waals surface area contributed by atoms with Crippen molar-refractivity contribution in [3.8, 4) is 0 Å². The predicted molar refractivity (Wildman–Crippen MR) is 125 cm³/mol. The molecule has 0 heterocycles. The van der Waals surface area contributed by atoms with Crippen molar-refractivity contribution in [1.82, 2.24) is 0 Å². The molecule has 1 radical (unpaired) electrons. The van der Waals surface area contributed by atoms with Crippen molar-refractivity contribution in [2.45, 2.75) is 47.0 Å². The smallest absolute Gasteiger partial charge is 0.655 e. The van der Waals surface area contributed by atoms with E-state index in [-0.39, 0.29) is 32.1 Å². The zero-order valence-corrected chi connectivity index (χ0v) is 30.2. The molecule has 199 valence electrons. The Balaban J connectivity index is -0.0000000299. The number of rotatable bonds is 8. The molecule has 0 aliphatic heterocycles. The van der Waals surface area contributed by atoms with Crippen molar-refractivity contribution in [3.05, 3.63) is 24.8 Å². The van der Waals surface area contributed by atoms with Gasteiger partial charge in [0, 0.05) is 35.5 Å². The van der Waals surface area contributed by atoms with E-state index in [0.717, 1.165) is 14.2 Å². The standard InChI is InChI=1S/2C6H12.C4H8O3.2C2H3O2.2CH4O.Rf.Rh/c1-4-6(3)5-2;1-3-5-6-4-2;1-6-3-4(5)7-2;2*1-4-2-3;2*1-2;;/h4,6H,1,5H2,2-3H3;5-6H,3-4H2,1-2H3;3H2,1-2H3;2*1H3;2*2H,1H3;;/q;;;2*-1;;;;+2. The van der Waals surface area contributed by atoms with E-state index >= 15 is 0 Å². The molecule has 0 aromatic rings. The first kappa shape index (κ1) is 57.4. The van der Waals surface area contributed by atoms with Crippen LogP contribution in [0.2, 0.25) is 0 Å². The molecule has 0 aromatic carbocycles. The first-order valence-corrected chi connectivity index (χ1v) is 9.39. The molecular weight excluding hydrogens is 778 g/mol. The Bertz CT molecular complexity index is 319. The fraction of sp³-hybridized carbons (Fsp3) is 0.682. The molecule has 0 aliphatic rings. The van der Waals surface area contributed by atoms with Crippen LogP contribution in [0.5, 0.6) is 0 Å². The minimum Gasteiger partial charge on any atom is -0.655 e. The van der Waals surface area contributed by atoms with E-state index in [2.05, 4.69) is 65.4 Å². The van der Waals surface area contributed by atoms with Gasteiger partial charge in [0.15, 0.2) is 0 Å². The quantitative estimate of drug-likeness (QED) is 0.125. The van der Waals surface area contributed by atoms with Gasteiger partial charge in [0.1, 0.15) is 6.61 Å². The summed E-state index contributed by atoms with van der Waals surface area (Å²) in [5.74, 6) is 0.354. The maximum absolute atomic E-state index is 10.1. The second-order valence-electron chi connectivity index (χ2n) is 4.49. The van der Waals surface area contributed by atoms with Crippen molar-refractivity contribution in [2.24, 2.45) is 5.92 Å². The van der Waals surface area contributed by atoms with Gasteiger partial charge in [0.2, 0.25) is 0 Å². The van der Waals surface area contributed by atoms with Gasteiger partial charge in [-0.1, -0.05) is 65.3 Å². The normalized spacial score (nSPS) is 7.76. The fourth-order valence-electron chi connectivity index (χ4n) is 0.677. The number of carbonyl (C=O) groups is 1. The number of allylic oxidation sites excluding steroid dienone is 3. The molecule has 0 rings (SSSR count). The summed E-state index contributed by atoms with van der Waals surface area (Å²) in [5.41, 5.74) is 0. The molecule has 9 nitrogen and oxygen atoms in total. The Morgan fingerprint density at radius 2 is 1.21 bits per heavy atom. The molecule has 0 aromatic heterocycles. The van der Waals surface area contributed by atoms with Crippen LogP contribution in [-0.4, -0.2) is 78.4 Å².